The van der Waals surface area contributed by atoms with Crippen LogP contribution in [0.2, 0.25) is 5.02 Å². The monoisotopic (exact) mass is 272 g/mol. The second-order valence-corrected chi connectivity index (χ2v) is 5.09. The lowest BCUT2D eigenvalue weighted by molar-refractivity contribution is 0.262. The predicted octanol–water partition coefficient (Wildman–Crippen LogP) is 2.80. The zero-order chi connectivity index (χ0) is 13.1. The predicted molar refractivity (Wildman–Crippen MR) is 72.5 cm³/mol. The Morgan fingerprint density at radius 3 is 2.94 bits per heavy atom. The molecule has 1 aliphatic heterocycles. The number of halogens is 2. The number of aliphatic hydroxyl groups is 1. The zero-order valence-corrected chi connectivity index (χ0v) is 11.0. The van der Waals surface area contributed by atoms with Crippen molar-refractivity contribution in [3.63, 3.8) is 0 Å². The van der Waals surface area contributed by atoms with Crippen LogP contribution in [0, 0.1) is 5.82 Å². The van der Waals surface area contributed by atoms with Crippen molar-refractivity contribution >= 4 is 23.0 Å². The van der Waals surface area contributed by atoms with Gasteiger partial charge in [-0.25, -0.2) is 4.39 Å². The summed E-state index contributed by atoms with van der Waals surface area (Å²) in [6.45, 7) is 0.979. The molecule has 0 saturated carbocycles. The fraction of sp³-hybridized carbons (Fsp3) is 0.538. The quantitative estimate of drug-likeness (QED) is 0.832. The molecule has 0 aromatic heterocycles. The molecule has 1 atom stereocenters. The van der Waals surface area contributed by atoms with Crippen LogP contribution in [0.4, 0.5) is 15.8 Å². The van der Waals surface area contributed by atoms with Gasteiger partial charge in [0.2, 0.25) is 0 Å². The highest BCUT2D eigenvalue weighted by atomic mass is 35.5. The van der Waals surface area contributed by atoms with Crippen molar-refractivity contribution in [1.82, 2.24) is 0 Å². The van der Waals surface area contributed by atoms with E-state index in [1.54, 1.807) is 0 Å². The maximum Gasteiger partial charge on any atom is 0.144 e. The summed E-state index contributed by atoms with van der Waals surface area (Å²) in [6.07, 6.45) is 3.89. The van der Waals surface area contributed by atoms with Crippen LogP contribution in [0.15, 0.2) is 12.1 Å². The smallest absolute Gasteiger partial charge is 0.144 e. The van der Waals surface area contributed by atoms with Gasteiger partial charge in [0.05, 0.1) is 16.4 Å². The van der Waals surface area contributed by atoms with Gasteiger partial charge in [0.15, 0.2) is 0 Å². The van der Waals surface area contributed by atoms with Gasteiger partial charge in [-0.3, -0.25) is 0 Å². The standard InChI is InChI=1S/C13H18ClFN2O/c14-10-7-12(16)13(8-11(10)15)17-5-2-1-3-9(17)4-6-18/h7-9,18H,1-6,16H2. The Hall–Kier alpha value is -1.00. The molecular formula is C13H18ClFN2O. The minimum atomic E-state index is -0.450. The van der Waals surface area contributed by atoms with Gasteiger partial charge in [0, 0.05) is 25.3 Å². The van der Waals surface area contributed by atoms with Gasteiger partial charge in [0.1, 0.15) is 5.82 Å². The van der Waals surface area contributed by atoms with Gasteiger partial charge in [-0.2, -0.15) is 0 Å². The van der Waals surface area contributed by atoms with Crippen molar-refractivity contribution in [1.29, 1.82) is 0 Å². The molecule has 3 nitrogen and oxygen atoms in total. The van der Waals surface area contributed by atoms with Crippen molar-refractivity contribution in [3.05, 3.63) is 23.0 Å². The number of nitrogens with zero attached hydrogens (tertiary/aromatic N) is 1. The minimum absolute atomic E-state index is 0.0481. The topological polar surface area (TPSA) is 49.5 Å². The summed E-state index contributed by atoms with van der Waals surface area (Å²) in [7, 11) is 0. The summed E-state index contributed by atoms with van der Waals surface area (Å²) in [6, 6.07) is 3.08. The molecule has 100 valence electrons. The number of hydrogen-bond donors (Lipinski definition) is 2. The third-order valence-corrected chi connectivity index (χ3v) is 3.76. The number of nitrogen functional groups attached to an aromatic ring is 1. The van der Waals surface area contributed by atoms with Gasteiger partial charge in [0.25, 0.3) is 0 Å². The first-order valence-electron chi connectivity index (χ1n) is 6.25. The molecule has 1 unspecified atom stereocenters. The largest absolute Gasteiger partial charge is 0.397 e. The number of benzene rings is 1. The molecule has 1 fully saturated rings. The average molecular weight is 273 g/mol. The van der Waals surface area contributed by atoms with E-state index in [1.807, 2.05) is 0 Å². The van der Waals surface area contributed by atoms with Gasteiger partial charge >= 0.3 is 0 Å². The summed E-state index contributed by atoms with van der Waals surface area (Å²) in [5, 5.41) is 9.15. The second-order valence-electron chi connectivity index (χ2n) is 4.68. The lowest BCUT2D eigenvalue weighted by Crippen LogP contribution is -2.40. The molecule has 1 saturated heterocycles. The Morgan fingerprint density at radius 2 is 2.22 bits per heavy atom. The maximum absolute atomic E-state index is 13.6. The molecule has 5 heteroatoms. The molecule has 0 bridgehead atoms. The molecule has 0 amide bonds. The highest BCUT2D eigenvalue weighted by Gasteiger charge is 2.24. The van der Waals surface area contributed by atoms with Crippen molar-refractivity contribution < 1.29 is 9.50 Å². The van der Waals surface area contributed by atoms with Crippen molar-refractivity contribution in [2.45, 2.75) is 31.7 Å². The normalized spacial score (nSPS) is 20.2. The average Bonchev–Trinajstić information content (AvgIpc) is 2.35. The Balaban J connectivity index is 2.30. The summed E-state index contributed by atoms with van der Waals surface area (Å²) in [5.74, 6) is -0.450. The molecule has 3 N–H and O–H groups in total. The molecule has 1 aromatic carbocycles. The number of rotatable bonds is 3. The van der Waals surface area contributed by atoms with E-state index in [0.29, 0.717) is 17.8 Å². The third kappa shape index (κ3) is 2.70. The molecule has 18 heavy (non-hydrogen) atoms. The summed E-state index contributed by atoms with van der Waals surface area (Å²) in [4.78, 5) is 2.09. The molecule has 1 aliphatic rings. The van der Waals surface area contributed by atoms with Gasteiger partial charge in [-0.1, -0.05) is 11.6 Å². The maximum atomic E-state index is 13.6. The highest BCUT2D eigenvalue weighted by molar-refractivity contribution is 6.31. The number of nitrogens with two attached hydrogens (primary N) is 1. The zero-order valence-electron chi connectivity index (χ0n) is 10.2. The van der Waals surface area contributed by atoms with Crippen LogP contribution in [-0.4, -0.2) is 24.3 Å². The third-order valence-electron chi connectivity index (χ3n) is 3.47. The fourth-order valence-corrected chi connectivity index (χ4v) is 2.74. The highest BCUT2D eigenvalue weighted by Crippen LogP contribution is 2.34. The Kier molecular flexibility index (Phi) is 4.30. The van der Waals surface area contributed by atoms with Gasteiger partial charge in [-0.15, -0.1) is 0 Å². The lowest BCUT2D eigenvalue weighted by Gasteiger charge is -2.38. The van der Waals surface area contributed by atoms with Crippen LogP contribution < -0.4 is 10.6 Å². The molecule has 2 rings (SSSR count). The molecule has 1 heterocycles. The van der Waals surface area contributed by atoms with Crippen LogP contribution in [0.3, 0.4) is 0 Å². The van der Waals surface area contributed by atoms with E-state index in [0.717, 1.165) is 25.8 Å². The Bertz CT molecular complexity index is 426. The van der Waals surface area contributed by atoms with E-state index < -0.39 is 5.82 Å². The van der Waals surface area contributed by atoms with E-state index >= 15 is 0 Å². The minimum Gasteiger partial charge on any atom is -0.397 e. The van der Waals surface area contributed by atoms with Crippen molar-refractivity contribution in [2.75, 3.05) is 23.8 Å². The van der Waals surface area contributed by atoms with Crippen LogP contribution in [0.5, 0.6) is 0 Å². The van der Waals surface area contributed by atoms with E-state index in [-0.39, 0.29) is 17.7 Å². The first-order valence-corrected chi connectivity index (χ1v) is 6.63. The van der Waals surface area contributed by atoms with E-state index in [1.165, 1.54) is 12.1 Å². The SMILES string of the molecule is Nc1cc(Cl)c(F)cc1N1CCCCC1CCO. The van der Waals surface area contributed by atoms with Crippen LogP contribution in [0.25, 0.3) is 0 Å². The summed E-state index contributed by atoms with van der Waals surface area (Å²) >= 11 is 5.71. The molecule has 0 aliphatic carbocycles. The van der Waals surface area contributed by atoms with E-state index in [4.69, 9.17) is 22.4 Å². The van der Waals surface area contributed by atoms with Crippen LogP contribution >= 0.6 is 11.6 Å². The van der Waals surface area contributed by atoms with Crippen LogP contribution in [-0.2, 0) is 0 Å². The first kappa shape index (κ1) is 13.4. The number of piperidine rings is 1. The van der Waals surface area contributed by atoms with Gasteiger partial charge < -0.3 is 15.7 Å². The molecular weight excluding hydrogens is 255 g/mol. The van der Waals surface area contributed by atoms with E-state index in [9.17, 15) is 4.39 Å². The summed E-state index contributed by atoms with van der Waals surface area (Å²) < 4.78 is 13.6. The second kappa shape index (κ2) is 5.76. The fourth-order valence-electron chi connectivity index (χ4n) is 2.57. The molecule has 1 aromatic rings. The Labute approximate surface area is 111 Å². The lowest BCUT2D eigenvalue weighted by atomic mass is 9.98. The first-order chi connectivity index (χ1) is 8.63. The molecule has 0 spiro atoms. The number of aliphatic hydroxyl groups excluding tert-OH is 1. The number of hydrogen-bond acceptors (Lipinski definition) is 3. The van der Waals surface area contributed by atoms with E-state index in [2.05, 4.69) is 4.90 Å². The Morgan fingerprint density at radius 1 is 1.44 bits per heavy atom. The van der Waals surface area contributed by atoms with Crippen molar-refractivity contribution in [2.24, 2.45) is 0 Å². The van der Waals surface area contributed by atoms with Crippen LogP contribution in [0.1, 0.15) is 25.7 Å². The van der Waals surface area contributed by atoms with Gasteiger partial charge in [-0.05, 0) is 31.7 Å². The van der Waals surface area contributed by atoms with Crippen molar-refractivity contribution in [3.8, 4) is 0 Å². The molecule has 0 radical (unpaired) electrons. The summed E-state index contributed by atoms with van der Waals surface area (Å²) in [5.41, 5.74) is 7.11. The number of anilines is 2.